The first-order chi connectivity index (χ1) is 19.2. The minimum atomic E-state index is -1.44. The minimum absolute atomic E-state index is 0.0101. The Balaban J connectivity index is 2.28. The van der Waals surface area contributed by atoms with Crippen LogP contribution in [0.5, 0.6) is 11.5 Å². The first-order valence-electron chi connectivity index (χ1n) is 13.0. The van der Waals surface area contributed by atoms with Crippen molar-refractivity contribution >= 4 is 29.6 Å². The second-order valence-corrected chi connectivity index (χ2v) is 10.2. The molecule has 0 radical (unpaired) electrons. The highest BCUT2D eigenvalue weighted by Gasteiger charge is 2.31. The fourth-order valence-electron chi connectivity index (χ4n) is 3.99. The van der Waals surface area contributed by atoms with Gasteiger partial charge in [0.05, 0.1) is 12.5 Å². The Hall–Kier alpha value is -4.65. The summed E-state index contributed by atoms with van der Waals surface area (Å²) >= 11 is 0. The zero-order chi connectivity index (χ0) is 30.7. The normalized spacial score (nSPS) is 13.9. The van der Waals surface area contributed by atoms with Gasteiger partial charge in [-0.3, -0.25) is 19.2 Å². The average Bonchev–Trinajstić information content (AvgIpc) is 2.89. The summed E-state index contributed by atoms with van der Waals surface area (Å²) in [5, 5.41) is 36.1. The summed E-state index contributed by atoms with van der Waals surface area (Å²) in [6.07, 6.45) is -0.485. The van der Waals surface area contributed by atoms with Crippen molar-refractivity contribution in [2.24, 2.45) is 17.4 Å². The van der Waals surface area contributed by atoms with Crippen LogP contribution in [-0.2, 0) is 36.8 Å². The van der Waals surface area contributed by atoms with Crippen LogP contribution in [-0.4, -0.2) is 69.1 Å². The number of phenols is 2. The number of hydrogen-bond donors (Lipinski definition) is 8. The SMILES string of the molecule is CC(C)CC(N)C(=O)NC(CC(N)=O)C(=O)NC(Cc1ccc(O)cc1)C(=O)NC(Cc1ccc(O)cc1)C(=O)O. The summed E-state index contributed by atoms with van der Waals surface area (Å²) in [4.78, 5) is 62.8. The van der Waals surface area contributed by atoms with Crippen molar-refractivity contribution in [2.75, 3.05) is 0 Å². The van der Waals surface area contributed by atoms with E-state index >= 15 is 0 Å². The maximum Gasteiger partial charge on any atom is 0.326 e. The number of phenolic OH excluding ortho intramolecular Hbond substituents is 2. The van der Waals surface area contributed by atoms with Gasteiger partial charge in [-0.25, -0.2) is 4.79 Å². The largest absolute Gasteiger partial charge is 0.508 e. The molecule has 41 heavy (non-hydrogen) atoms. The van der Waals surface area contributed by atoms with E-state index in [1.807, 2.05) is 13.8 Å². The molecule has 2 rings (SSSR count). The molecule has 0 bridgehead atoms. The van der Waals surface area contributed by atoms with Crippen LogP contribution in [0.2, 0.25) is 0 Å². The van der Waals surface area contributed by atoms with Crippen molar-refractivity contribution in [1.82, 2.24) is 16.0 Å². The summed E-state index contributed by atoms with van der Waals surface area (Å²) in [6, 6.07) is 6.43. The van der Waals surface area contributed by atoms with Crippen LogP contribution in [0.3, 0.4) is 0 Å². The van der Waals surface area contributed by atoms with Gasteiger partial charge >= 0.3 is 5.97 Å². The first kappa shape index (κ1) is 32.6. The third kappa shape index (κ3) is 11.2. The van der Waals surface area contributed by atoms with Gasteiger partial charge in [0.1, 0.15) is 29.6 Å². The minimum Gasteiger partial charge on any atom is -0.508 e. The molecule has 10 N–H and O–H groups in total. The lowest BCUT2D eigenvalue weighted by atomic mass is 10.0. The molecule has 4 atom stereocenters. The molecular formula is C28H37N5O8. The van der Waals surface area contributed by atoms with Gasteiger partial charge in [0.15, 0.2) is 0 Å². The lowest BCUT2D eigenvalue weighted by Crippen LogP contribution is -2.58. The molecule has 0 aliphatic rings. The number of carboxylic acid groups (broad SMARTS) is 1. The monoisotopic (exact) mass is 571 g/mol. The molecular weight excluding hydrogens is 534 g/mol. The van der Waals surface area contributed by atoms with Crippen LogP contribution in [0.4, 0.5) is 0 Å². The Morgan fingerprint density at radius 2 is 1.12 bits per heavy atom. The van der Waals surface area contributed by atoms with Crippen LogP contribution in [0.1, 0.15) is 37.8 Å². The summed E-state index contributed by atoms with van der Waals surface area (Å²) in [6.45, 7) is 3.72. The summed E-state index contributed by atoms with van der Waals surface area (Å²) in [5.74, 6) is -4.61. The van der Waals surface area contributed by atoms with E-state index in [-0.39, 0.29) is 30.3 Å². The number of hydrogen-bond acceptors (Lipinski definition) is 8. The van der Waals surface area contributed by atoms with Crippen LogP contribution >= 0.6 is 0 Å². The van der Waals surface area contributed by atoms with E-state index in [0.717, 1.165) is 0 Å². The van der Waals surface area contributed by atoms with Gasteiger partial charge in [0.25, 0.3) is 0 Å². The van der Waals surface area contributed by atoms with Crippen LogP contribution in [0.25, 0.3) is 0 Å². The van der Waals surface area contributed by atoms with Gasteiger partial charge in [-0.15, -0.1) is 0 Å². The Morgan fingerprint density at radius 3 is 1.56 bits per heavy atom. The number of carbonyl (C=O) groups is 5. The van der Waals surface area contributed by atoms with Crippen molar-refractivity contribution < 1.29 is 39.3 Å². The number of aliphatic carboxylic acids is 1. The molecule has 4 amide bonds. The predicted octanol–water partition coefficient (Wildman–Crippen LogP) is -0.329. The second kappa shape index (κ2) is 15.2. The van der Waals surface area contributed by atoms with E-state index in [9.17, 15) is 39.3 Å². The highest BCUT2D eigenvalue weighted by molar-refractivity contribution is 5.96. The Bertz CT molecular complexity index is 1220. The van der Waals surface area contributed by atoms with Crippen LogP contribution in [0.15, 0.2) is 48.5 Å². The van der Waals surface area contributed by atoms with Gasteiger partial charge in [-0.05, 0) is 47.7 Å². The topological polar surface area (TPSA) is 234 Å². The predicted molar refractivity (Wildman–Crippen MR) is 148 cm³/mol. The van der Waals surface area contributed by atoms with Gasteiger partial charge < -0.3 is 42.7 Å². The van der Waals surface area contributed by atoms with E-state index in [1.54, 1.807) is 0 Å². The number of aromatic hydroxyl groups is 2. The molecule has 222 valence electrons. The van der Waals surface area contributed by atoms with E-state index in [4.69, 9.17) is 11.5 Å². The summed E-state index contributed by atoms with van der Waals surface area (Å²) in [5.41, 5.74) is 12.2. The zero-order valence-electron chi connectivity index (χ0n) is 22.9. The number of primary amides is 1. The van der Waals surface area contributed by atoms with Gasteiger partial charge in [-0.2, -0.15) is 0 Å². The number of carbonyl (C=O) groups excluding carboxylic acids is 4. The highest BCUT2D eigenvalue weighted by Crippen LogP contribution is 2.14. The molecule has 13 heteroatoms. The van der Waals surface area contributed by atoms with Crippen molar-refractivity contribution in [3.8, 4) is 11.5 Å². The molecule has 0 heterocycles. The number of nitrogens with two attached hydrogens (primary N) is 2. The van der Waals surface area contributed by atoms with Crippen molar-refractivity contribution in [3.63, 3.8) is 0 Å². The van der Waals surface area contributed by atoms with E-state index in [2.05, 4.69) is 16.0 Å². The van der Waals surface area contributed by atoms with E-state index in [1.165, 1.54) is 48.5 Å². The molecule has 2 aromatic carbocycles. The molecule has 0 aromatic heterocycles. The second-order valence-electron chi connectivity index (χ2n) is 10.2. The molecule has 13 nitrogen and oxygen atoms in total. The Morgan fingerprint density at radius 1 is 0.707 bits per heavy atom. The molecule has 0 aliphatic heterocycles. The molecule has 0 saturated heterocycles. The molecule has 0 aliphatic carbocycles. The number of carboxylic acids is 1. The molecule has 0 saturated carbocycles. The molecule has 4 unspecified atom stereocenters. The summed E-state index contributed by atoms with van der Waals surface area (Å²) in [7, 11) is 0. The Labute approximate surface area is 237 Å². The fraction of sp³-hybridized carbons (Fsp3) is 0.393. The van der Waals surface area contributed by atoms with E-state index < -0.39 is 60.2 Å². The maximum absolute atomic E-state index is 13.3. The first-order valence-corrected chi connectivity index (χ1v) is 13.0. The number of amides is 4. The fourth-order valence-corrected chi connectivity index (χ4v) is 3.99. The third-order valence-corrected chi connectivity index (χ3v) is 6.10. The molecule has 0 spiro atoms. The lowest BCUT2D eigenvalue weighted by Gasteiger charge is -2.25. The highest BCUT2D eigenvalue weighted by atomic mass is 16.4. The van der Waals surface area contributed by atoms with Crippen molar-refractivity contribution in [1.29, 1.82) is 0 Å². The number of rotatable bonds is 15. The van der Waals surface area contributed by atoms with Gasteiger partial charge in [-0.1, -0.05) is 38.1 Å². The lowest BCUT2D eigenvalue weighted by molar-refractivity contribution is -0.142. The average molecular weight is 572 g/mol. The molecule has 0 fully saturated rings. The van der Waals surface area contributed by atoms with Gasteiger partial charge in [0.2, 0.25) is 23.6 Å². The van der Waals surface area contributed by atoms with Crippen molar-refractivity contribution in [3.05, 3.63) is 59.7 Å². The summed E-state index contributed by atoms with van der Waals surface area (Å²) < 4.78 is 0. The quantitative estimate of drug-likeness (QED) is 0.140. The number of nitrogens with one attached hydrogen (secondary N) is 3. The zero-order valence-corrected chi connectivity index (χ0v) is 22.9. The Kier molecular flexibility index (Phi) is 12.1. The maximum atomic E-state index is 13.3. The van der Waals surface area contributed by atoms with Crippen LogP contribution < -0.4 is 27.4 Å². The smallest absolute Gasteiger partial charge is 0.326 e. The molecule has 2 aromatic rings. The van der Waals surface area contributed by atoms with Gasteiger partial charge in [0, 0.05) is 12.8 Å². The number of benzene rings is 2. The van der Waals surface area contributed by atoms with Crippen LogP contribution in [0, 0.1) is 5.92 Å². The van der Waals surface area contributed by atoms with E-state index in [0.29, 0.717) is 17.5 Å². The third-order valence-electron chi connectivity index (χ3n) is 6.10. The standard InChI is InChI=1S/C28H37N5O8/c1-15(2)11-20(29)25(37)31-22(14-24(30)36)27(39)32-21(12-16-3-7-18(34)8-4-16)26(38)33-23(28(40)41)13-17-5-9-19(35)10-6-17/h3-10,15,20-23,34-35H,11-14,29H2,1-2H3,(H2,30,36)(H,31,37)(H,32,39)(H,33,38)(H,40,41). The van der Waals surface area contributed by atoms with Crippen molar-refractivity contribution in [2.45, 2.75) is 63.7 Å².